The fourth-order valence-corrected chi connectivity index (χ4v) is 2.43. The molecule has 0 fully saturated rings. The molecule has 2 N–H and O–H groups in total. The molecule has 84 valence electrons. The number of sulfonamides is 1. The number of primary amides is 1. The molecule has 6 heteroatoms. The van der Waals surface area contributed by atoms with Crippen LogP contribution in [0.4, 0.5) is 0 Å². The highest BCUT2D eigenvalue weighted by Gasteiger charge is 2.29. The van der Waals surface area contributed by atoms with E-state index in [2.05, 4.69) is 0 Å². The molecule has 5 nitrogen and oxygen atoms in total. The quantitative estimate of drug-likeness (QED) is 0.706. The summed E-state index contributed by atoms with van der Waals surface area (Å²) >= 11 is 0. The van der Waals surface area contributed by atoms with E-state index >= 15 is 0 Å². The maximum absolute atomic E-state index is 11.7. The lowest BCUT2D eigenvalue weighted by Crippen LogP contribution is -2.45. The van der Waals surface area contributed by atoms with Crippen molar-refractivity contribution in [1.29, 1.82) is 0 Å². The molecule has 0 aliphatic carbocycles. The average Bonchev–Trinajstić information content (AvgIpc) is 1.98. The Morgan fingerprint density at radius 3 is 1.93 bits per heavy atom. The molecule has 0 saturated heterocycles. The Morgan fingerprint density at radius 2 is 1.71 bits per heavy atom. The molecule has 0 aromatic heterocycles. The van der Waals surface area contributed by atoms with Crippen LogP contribution in [0.15, 0.2) is 0 Å². The van der Waals surface area contributed by atoms with Gasteiger partial charge in [0.2, 0.25) is 15.9 Å². The molecule has 0 rings (SSSR count). The van der Waals surface area contributed by atoms with Crippen molar-refractivity contribution in [3.8, 4) is 0 Å². The molecule has 0 unspecified atom stereocenters. The summed E-state index contributed by atoms with van der Waals surface area (Å²) in [6, 6.07) is -0.255. The first-order chi connectivity index (χ1) is 6.19. The average molecular weight is 222 g/mol. The van der Waals surface area contributed by atoms with Gasteiger partial charge in [-0.2, -0.15) is 4.31 Å². The molecule has 0 radical (unpaired) electrons. The molecule has 0 saturated carbocycles. The molecule has 0 aromatic carbocycles. The van der Waals surface area contributed by atoms with Crippen molar-refractivity contribution >= 4 is 15.9 Å². The van der Waals surface area contributed by atoms with Crippen LogP contribution in [0.2, 0.25) is 0 Å². The number of carbonyl (C=O) groups excluding carboxylic acids is 1. The van der Waals surface area contributed by atoms with Crippen LogP contribution in [0.1, 0.15) is 27.7 Å². The summed E-state index contributed by atoms with van der Waals surface area (Å²) in [6.45, 7) is 6.32. The Bertz CT molecular complexity index is 296. The van der Waals surface area contributed by atoms with E-state index in [9.17, 15) is 13.2 Å². The zero-order valence-electron chi connectivity index (χ0n) is 9.02. The first-order valence-corrected chi connectivity index (χ1v) is 5.99. The number of carbonyl (C=O) groups is 1. The summed E-state index contributed by atoms with van der Waals surface area (Å²) in [5.74, 6) is -0.636. The lowest BCUT2D eigenvalue weighted by Gasteiger charge is -2.26. The number of hydrogen-bond donors (Lipinski definition) is 1. The second-order valence-electron chi connectivity index (χ2n) is 3.70. The smallest absolute Gasteiger partial charge is 0.232 e. The lowest BCUT2D eigenvalue weighted by atomic mass is 10.4. The molecule has 0 atom stereocenters. The van der Waals surface area contributed by atoms with E-state index in [1.807, 2.05) is 0 Å². The van der Waals surface area contributed by atoms with Gasteiger partial charge < -0.3 is 5.73 Å². The molecule has 0 heterocycles. The van der Waals surface area contributed by atoms with E-state index in [-0.39, 0.29) is 12.6 Å². The molecule has 0 aliphatic rings. The zero-order valence-corrected chi connectivity index (χ0v) is 9.84. The van der Waals surface area contributed by atoms with Gasteiger partial charge in [0.1, 0.15) is 0 Å². The SMILES string of the molecule is CC(C)N(CC(N)=O)S(=O)(=O)C(C)C. The van der Waals surface area contributed by atoms with Gasteiger partial charge in [0.05, 0.1) is 11.8 Å². The Balaban J connectivity index is 4.93. The third-order valence-electron chi connectivity index (χ3n) is 1.81. The highest BCUT2D eigenvalue weighted by atomic mass is 32.2. The standard InChI is InChI=1S/C8H18N2O3S/c1-6(2)10(5-8(9)11)14(12,13)7(3)4/h6-7H,5H2,1-4H3,(H2,9,11). The molecule has 0 spiro atoms. The van der Waals surface area contributed by atoms with Gasteiger partial charge in [-0.1, -0.05) is 0 Å². The normalized spacial score (nSPS) is 12.8. The second kappa shape index (κ2) is 4.75. The van der Waals surface area contributed by atoms with Crippen molar-refractivity contribution in [1.82, 2.24) is 4.31 Å². The van der Waals surface area contributed by atoms with Gasteiger partial charge in [0, 0.05) is 6.04 Å². The minimum absolute atomic E-state index is 0.252. The van der Waals surface area contributed by atoms with Gasteiger partial charge in [-0.3, -0.25) is 4.79 Å². The van der Waals surface area contributed by atoms with Crippen LogP contribution in [0.25, 0.3) is 0 Å². The van der Waals surface area contributed by atoms with Crippen LogP contribution in [0, 0.1) is 0 Å². The number of nitrogens with two attached hydrogens (primary N) is 1. The van der Waals surface area contributed by atoms with E-state index in [0.29, 0.717) is 0 Å². The van der Waals surface area contributed by atoms with Crippen LogP contribution in [-0.4, -0.2) is 36.5 Å². The van der Waals surface area contributed by atoms with Crippen molar-refractivity contribution in [2.75, 3.05) is 6.54 Å². The number of hydrogen-bond acceptors (Lipinski definition) is 3. The molecule has 0 bridgehead atoms. The lowest BCUT2D eigenvalue weighted by molar-refractivity contribution is -0.118. The molecular formula is C8H18N2O3S. The topological polar surface area (TPSA) is 80.5 Å². The zero-order chi connectivity index (χ0) is 11.5. The van der Waals surface area contributed by atoms with Crippen molar-refractivity contribution in [2.45, 2.75) is 39.0 Å². The second-order valence-corrected chi connectivity index (χ2v) is 6.14. The summed E-state index contributed by atoms with van der Waals surface area (Å²) in [7, 11) is -3.40. The van der Waals surface area contributed by atoms with Crippen LogP contribution in [0.5, 0.6) is 0 Å². The molecule has 0 aromatic rings. The van der Waals surface area contributed by atoms with Crippen molar-refractivity contribution in [2.24, 2.45) is 5.73 Å². The van der Waals surface area contributed by atoms with Gasteiger partial charge in [-0.15, -0.1) is 0 Å². The molecular weight excluding hydrogens is 204 g/mol. The van der Waals surface area contributed by atoms with E-state index in [0.717, 1.165) is 4.31 Å². The minimum Gasteiger partial charge on any atom is -0.369 e. The summed E-state index contributed by atoms with van der Waals surface area (Å²) in [5.41, 5.74) is 4.98. The van der Waals surface area contributed by atoms with Gasteiger partial charge in [0.15, 0.2) is 0 Å². The van der Waals surface area contributed by atoms with Gasteiger partial charge in [-0.05, 0) is 27.7 Å². The third-order valence-corrected chi connectivity index (χ3v) is 4.21. The van der Waals surface area contributed by atoms with Gasteiger partial charge >= 0.3 is 0 Å². The van der Waals surface area contributed by atoms with Crippen LogP contribution < -0.4 is 5.73 Å². The van der Waals surface area contributed by atoms with E-state index in [4.69, 9.17) is 5.73 Å². The Kier molecular flexibility index (Phi) is 4.54. The van der Waals surface area contributed by atoms with Crippen molar-refractivity contribution in [3.05, 3.63) is 0 Å². The minimum atomic E-state index is -3.40. The van der Waals surface area contributed by atoms with E-state index < -0.39 is 21.2 Å². The van der Waals surface area contributed by atoms with Crippen LogP contribution in [-0.2, 0) is 14.8 Å². The Labute approximate surface area is 85.3 Å². The maximum Gasteiger partial charge on any atom is 0.232 e. The molecule has 0 aliphatic heterocycles. The monoisotopic (exact) mass is 222 g/mol. The number of rotatable bonds is 5. The Hall–Kier alpha value is -0.620. The van der Waals surface area contributed by atoms with Crippen molar-refractivity contribution in [3.63, 3.8) is 0 Å². The summed E-state index contributed by atoms with van der Waals surface area (Å²) in [6.07, 6.45) is 0. The predicted octanol–water partition coefficient (Wildman–Crippen LogP) is -0.0797. The maximum atomic E-state index is 11.7. The molecule has 14 heavy (non-hydrogen) atoms. The number of nitrogens with zero attached hydrogens (tertiary/aromatic N) is 1. The molecule has 1 amide bonds. The summed E-state index contributed by atoms with van der Waals surface area (Å²) in [5, 5.41) is -0.538. The predicted molar refractivity (Wildman–Crippen MR) is 55.1 cm³/mol. The van der Waals surface area contributed by atoms with E-state index in [1.165, 1.54) is 0 Å². The van der Waals surface area contributed by atoms with Crippen molar-refractivity contribution < 1.29 is 13.2 Å². The Morgan fingerprint density at radius 1 is 1.29 bits per heavy atom. The van der Waals surface area contributed by atoms with Gasteiger partial charge in [-0.25, -0.2) is 8.42 Å². The first-order valence-electron chi connectivity index (χ1n) is 4.48. The highest BCUT2D eigenvalue weighted by Crippen LogP contribution is 2.11. The third kappa shape index (κ3) is 3.26. The summed E-state index contributed by atoms with van der Waals surface area (Å²) < 4.78 is 24.6. The van der Waals surface area contributed by atoms with Crippen LogP contribution >= 0.6 is 0 Å². The first kappa shape index (κ1) is 13.4. The van der Waals surface area contributed by atoms with Crippen LogP contribution in [0.3, 0.4) is 0 Å². The van der Waals surface area contributed by atoms with E-state index in [1.54, 1.807) is 27.7 Å². The highest BCUT2D eigenvalue weighted by molar-refractivity contribution is 7.89. The fraction of sp³-hybridized carbons (Fsp3) is 0.875. The summed E-state index contributed by atoms with van der Waals surface area (Å²) in [4.78, 5) is 10.7. The number of amides is 1. The fourth-order valence-electron chi connectivity index (χ4n) is 0.991. The largest absolute Gasteiger partial charge is 0.369 e. The van der Waals surface area contributed by atoms with Gasteiger partial charge in [0.25, 0.3) is 0 Å².